The second kappa shape index (κ2) is 8.77. The minimum absolute atomic E-state index is 0.182. The molecule has 2 rings (SSSR count). The van der Waals surface area contributed by atoms with Crippen molar-refractivity contribution in [3.05, 3.63) is 65.7 Å². The average molecular weight is 300 g/mol. The van der Waals surface area contributed by atoms with Gasteiger partial charge in [-0.25, -0.2) is 4.39 Å². The lowest BCUT2D eigenvalue weighted by Gasteiger charge is -2.11. The van der Waals surface area contributed by atoms with Gasteiger partial charge in [0.2, 0.25) is 0 Å². The molecule has 0 radical (unpaired) electrons. The number of nitrogens with zero attached hydrogens (tertiary/aromatic N) is 2. The van der Waals surface area contributed by atoms with Gasteiger partial charge in [-0.3, -0.25) is 9.98 Å². The predicted octanol–water partition coefficient (Wildman–Crippen LogP) is 2.52. The molecule has 0 aliphatic heterocycles. The first-order chi connectivity index (χ1) is 10.8. The van der Waals surface area contributed by atoms with Crippen LogP contribution in [0.5, 0.6) is 0 Å². The third-order valence-corrected chi connectivity index (χ3v) is 3.21. The molecule has 1 aromatic heterocycles. The number of pyridine rings is 1. The van der Waals surface area contributed by atoms with E-state index in [4.69, 9.17) is 0 Å². The van der Waals surface area contributed by atoms with Crippen LogP contribution < -0.4 is 10.6 Å². The first-order valence-electron chi connectivity index (χ1n) is 7.37. The minimum Gasteiger partial charge on any atom is -0.356 e. The second-order valence-corrected chi connectivity index (χ2v) is 4.91. The quantitative estimate of drug-likeness (QED) is 0.489. The fourth-order valence-corrected chi connectivity index (χ4v) is 2.09. The summed E-state index contributed by atoms with van der Waals surface area (Å²) in [5.74, 6) is 0.559. The lowest BCUT2D eigenvalue weighted by atomic mass is 10.1. The minimum atomic E-state index is -0.182. The molecule has 0 saturated carbocycles. The van der Waals surface area contributed by atoms with Crippen LogP contribution in [0.1, 0.15) is 17.7 Å². The Morgan fingerprint density at radius 2 is 2.09 bits per heavy atom. The lowest BCUT2D eigenvalue weighted by molar-refractivity contribution is 0.624. The number of halogens is 1. The molecule has 0 atom stereocenters. The Morgan fingerprint density at radius 3 is 2.82 bits per heavy atom. The van der Waals surface area contributed by atoms with Gasteiger partial charge < -0.3 is 10.6 Å². The highest BCUT2D eigenvalue weighted by atomic mass is 19.1. The summed E-state index contributed by atoms with van der Waals surface area (Å²) < 4.78 is 13.1. The van der Waals surface area contributed by atoms with Crippen LogP contribution in [0.4, 0.5) is 4.39 Å². The summed E-state index contributed by atoms with van der Waals surface area (Å²) >= 11 is 0. The predicted molar refractivity (Wildman–Crippen MR) is 87.2 cm³/mol. The van der Waals surface area contributed by atoms with Gasteiger partial charge >= 0.3 is 0 Å². The molecule has 116 valence electrons. The number of rotatable bonds is 6. The standard InChI is InChI=1S/C17H21FN4/c1-19-17(22-13-16-9-2-3-10-20-16)21-11-5-7-14-6-4-8-15(18)12-14/h2-4,6,8-10,12H,5,7,11,13H2,1H3,(H2,19,21,22). The molecule has 0 bridgehead atoms. The van der Waals surface area contributed by atoms with Gasteiger partial charge in [0.1, 0.15) is 5.82 Å². The molecule has 0 aliphatic rings. The van der Waals surface area contributed by atoms with Gasteiger partial charge in [0.05, 0.1) is 12.2 Å². The molecule has 1 heterocycles. The molecule has 2 aromatic rings. The number of aliphatic imine (C=N–C) groups is 1. The van der Waals surface area contributed by atoms with E-state index in [1.54, 1.807) is 25.4 Å². The summed E-state index contributed by atoms with van der Waals surface area (Å²) in [5.41, 5.74) is 1.98. The summed E-state index contributed by atoms with van der Waals surface area (Å²) in [6.07, 6.45) is 3.52. The Labute approximate surface area is 130 Å². The molecule has 1 aromatic carbocycles. The molecule has 0 spiro atoms. The van der Waals surface area contributed by atoms with Crippen LogP contribution in [-0.4, -0.2) is 24.5 Å². The van der Waals surface area contributed by atoms with E-state index in [-0.39, 0.29) is 5.82 Å². The third-order valence-electron chi connectivity index (χ3n) is 3.21. The van der Waals surface area contributed by atoms with E-state index >= 15 is 0 Å². The molecule has 0 amide bonds. The number of guanidine groups is 1. The van der Waals surface area contributed by atoms with Crippen molar-refractivity contribution in [2.45, 2.75) is 19.4 Å². The van der Waals surface area contributed by atoms with Crippen LogP contribution in [0.2, 0.25) is 0 Å². The van der Waals surface area contributed by atoms with Crippen molar-refractivity contribution in [2.75, 3.05) is 13.6 Å². The normalized spacial score (nSPS) is 11.3. The van der Waals surface area contributed by atoms with E-state index in [0.29, 0.717) is 6.54 Å². The molecular formula is C17H21FN4. The summed E-state index contributed by atoms with van der Waals surface area (Å²) in [5, 5.41) is 6.45. The Kier molecular flexibility index (Phi) is 6.36. The number of hydrogen-bond donors (Lipinski definition) is 2. The van der Waals surface area contributed by atoms with Crippen LogP contribution in [0, 0.1) is 5.82 Å². The summed E-state index contributed by atoms with van der Waals surface area (Å²) in [6.45, 7) is 1.41. The van der Waals surface area contributed by atoms with Gasteiger partial charge in [0.25, 0.3) is 0 Å². The third kappa shape index (κ3) is 5.52. The summed E-state index contributed by atoms with van der Waals surface area (Å²) in [4.78, 5) is 8.42. The molecule has 0 fully saturated rings. The molecule has 0 unspecified atom stereocenters. The highest BCUT2D eigenvalue weighted by Gasteiger charge is 1.99. The molecule has 0 aliphatic carbocycles. The maximum Gasteiger partial charge on any atom is 0.191 e. The van der Waals surface area contributed by atoms with E-state index in [1.165, 1.54) is 6.07 Å². The first kappa shape index (κ1) is 15.9. The van der Waals surface area contributed by atoms with E-state index in [9.17, 15) is 4.39 Å². The first-order valence-corrected chi connectivity index (χ1v) is 7.37. The van der Waals surface area contributed by atoms with Crippen molar-refractivity contribution in [3.63, 3.8) is 0 Å². The average Bonchev–Trinajstić information content (AvgIpc) is 2.55. The number of aryl methyl sites for hydroxylation is 1. The van der Waals surface area contributed by atoms with Gasteiger partial charge in [-0.05, 0) is 42.7 Å². The van der Waals surface area contributed by atoms with Gasteiger partial charge in [0.15, 0.2) is 5.96 Å². The molecular weight excluding hydrogens is 279 g/mol. The van der Waals surface area contributed by atoms with Crippen molar-refractivity contribution >= 4 is 5.96 Å². The van der Waals surface area contributed by atoms with Gasteiger partial charge in [-0.2, -0.15) is 0 Å². The van der Waals surface area contributed by atoms with Gasteiger partial charge in [-0.1, -0.05) is 18.2 Å². The zero-order chi connectivity index (χ0) is 15.6. The smallest absolute Gasteiger partial charge is 0.191 e. The van der Waals surface area contributed by atoms with Crippen molar-refractivity contribution in [1.82, 2.24) is 15.6 Å². The van der Waals surface area contributed by atoms with Gasteiger partial charge in [-0.15, -0.1) is 0 Å². The maximum atomic E-state index is 13.1. The summed E-state index contributed by atoms with van der Waals surface area (Å²) in [7, 11) is 1.74. The molecule has 2 N–H and O–H groups in total. The molecule has 4 nitrogen and oxygen atoms in total. The monoisotopic (exact) mass is 300 g/mol. The Hall–Kier alpha value is -2.43. The topological polar surface area (TPSA) is 49.3 Å². The van der Waals surface area contributed by atoms with Crippen molar-refractivity contribution < 1.29 is 4.39 Å². The number of nitrogens with one attached hydrogen (secondary N) is 2. The second-order valence-electron chi connectivity index (χ2n) is 4.91. The number of benzene rings is 1. The van der Waals surface area contributed by atoms with E-state index in [2.05, 4.69) is 20.6 Å². The van der Waals surface area contributed by atoms with Crippen LogP contribution in [-0.2, 0) is 13.0 Å². The summed E-state index contributed by atoms with van der Waals surface area (Å²) in [6, 6.07) is 12.5. The van der Waals surface area contributed by atoms with Crippen LogP contribution >= 0.6 is 0 Å². The fourth-order valence-electron chi connectivity index (χ4n) is 2.09. The fraction of sp³-hybridized carbons (Fsp3) is 0.294. The SMILES string of the molecule is CN=C(NCCCc1cccc(F)c1)NCc1ccccn1. The van der Waals surface area contributed by atoms with Crippen molar-refractivity contribution in [2.24, 2.45) is 4.99 Å². The van der Waals surface area contributed by atoms with Crippen LogP contribution in [0.3, 0.4) is 0 Å². The number of aromatic nitrogens is 1. The molecule has 5 heteroatoms. The molecule has 0 saturated heterocycles. The Bertz CT molecular complexity index is 599. The van der Waals surface area contributed by atoms with E-state index in [0.717, 1.165) is 36.6 Å². The number of hydrogen-bond acceptors (Lipinski definition) is 2. The van der Waals surface area contributed by atoms with E-state index in [1.807, 2.05) is 24.3 Å². The lowest BCUT2D eigenvalue weighted by Crippen LogP contribution is -2.37. The Balaban J connectivity index is 1.68. The van der Waals surface area contributed by atoms with E-state index < -0.39 is 0 Å². The Morgan fingerprint density at radius 1 is 1.18 bits per heavy atom. The zero-order valence-electron chi connectivity index (χ0n) is 12.7. The van der Waals surface area contributed by atoms with Crippen molar-refractivity contribution in [1.29, 1.82) is 0 Å². The zero-order valence-corrected chi connectivity index (χ0v) is 12.7. The largest absolute Gasteiger partial charge is 0.356 e. The van der Waals surface area contributed by atoms with Crippen LogP contribution in [0.25, 0.3) is 0 Å². The maximum absolute atomic E-state index is 13.1. The van der Waals surface area contributed by atoms with Crippen LogP contribution in [0.15, 0.2) is 53.7 Å². The van der Waals surface area contributed by atoms with Crippen molar-refractivity contribution in [3.8, 4) is 0 Å². The highest BCUT2D eigenvalue weighted by Crippen LogP contribution is 2.05. The highest BCUT2D eigenvalue weighted by molar-refractivity contribution is 5.79. The molecule has 22 heavy (non-hydrogen) atoms. The van der Waals surface area contributed by atoms with Gasteiger partial charge in [0, 0.05) is 19.8 Å².